The molecule has 1 aromatic rings. The van der Waals surface area contributed by atoms with Crippen LogP contribution in [0.15, 0.2) is 6.20 Å². The fraction of sp³-hybridized carbons (Fsp3) is 0.600. The molecule has 0 aromatic carbocycles. The maximum atomic E-state index is 3.88. The number of aromatic nitrogens is 3. The van der Waals surface area contributed by atoms with Crippen molar-refractivity contribution in [2.75, 3.05) is 0 Å². The molecule has 0 saturated carbocycles. The molecule has 0 saturated heterocycles. The molecule has 1 aromatic heterocycles. The second kappa shape index (κ2) is 1.94. The zero-order valence-corrected chi connectivity index (χ0v) is 5.05. The summed E-state index contributed by atoms with van der Waals surface area (Å²) in [5.74, 6) is 0.480. The van der Waals surface area contributed by atoms with E-state index < -0.39 is 0 Å². The van der Waals surface area contributed by atoms with Crippen LogP contribution in [0.3, 0.4) is 0 Å². The van der Waals surface area contributed by atoms with Crippen LogP contribution in [0.2, 0.25) is 0 Å². The predicted octanol–water partition coefficient (Wildman–Crippen LogP) is 1.17. The lowest BCUT2D eigenvalue weighted by Crippen LogP contribution is -1.85. The normalized spacial score (nSPS) is 10.4. The van der Waals surface area contributed by atoms with Crippen LogP contribution in [0.4, 0.5) is 0 Å². The molecule has 0 spiro atoms. The Bertz CT molecular complexity index is 147. The first-order chi connectivity index (χ1) is 3.80. The average Bonchev–Trinajstić information content (AvgIpc) is 2.12. The molecule has 3 heteroatoms. The van der Waals surface area contributed by atoms with Gasteiger partial charge in [-0.2, -0.15) is 15.4 Å². The van der Waals surface area contributed by atoms with E-state index in [0.717, 1.165) is 5.69 Å². The minimum Gasteiger partial charge on any atom is -0.198 e. The summed E-state index contributed by atoms with van der Waals surface area (Å²) in [6.07, 6.45) is 1.74. The van der Waals surface area contributed by atoms with Crippen molar-refractivity contribution in [2.24, 2.45) is 0 Å². The SMILES string of the molecule is CC(C)c1cn[nH]n1.[HH]. The minimum atomic E-state index is 0. The van der Waals surface area contributed by atoms with E-state index in [1.807, 2.05) is 0 Å². The van der Waals surface area contributed by atoms with Gasteiger partial charge in [0.15, 0.2) is 0 Å². The molecular formula is C5H11N3. The average molecular weight is 113 g/mol. The quantitative estimate of drug-likeness (QED) is 0.594. The number of nitrogens with one attached hydrogen (secondary N) is 1. The van der Waals surface area contributed by atoms with Crippen LogP contribution >= 0.6 is 0 Å². The molecule has 0 atom stereocenters. The Labute approximate surface area is 49.6 Å². The van der Waals surface area contributed by atoms with E-state index in [2.05, 4.69) is 29.3 Å². The highest BCUT2D eigenvalue weighted by Crippen LogP contribution is 2.06. The molecule has 0 radical (unpaired) electrons. The van der Waals surface area contributed by atoms with Gasteiger partial charge >= 0.3 is 0 Å². The van der Waals surface area contributed by atoms with Crippen molar-refractivity contribution in [1.29, 1.82) is 0 Å². The summed E-state index contributed by atoms with van der Waals surface area (Å²) < 4.78 is 0. The number of H-pyrrole nitrogens is 1. The third-order valence-electron chi connectivity index (χ3n) is 1.03. The Kier molecular flexibility index (Phi) is 1.28. The summed E-state index contributed by atoms with van der Waals surface area (Å²) in [6.45, 7) is 4.16. The van der Waals surface area contributed by atoms with Crippen LogP contribution in [-0.4, -0.2) is 15.4 Å². The Hall–Kier alpha value is -0.860. The summed E-state index contributed by atoms with van der Waals surface area (Å²) in [6, 6.07) is 0. The Morgan fingerprint density at radius 3 is 2.75 bits per heavy atom. The van der Waals surface area contributed by atoms with Crippen molar-refractivity contribution < 1.29 is 1.43 Å². The molecule has 0 bridgehead atoms. The standard InChI is InChI=1S/C5H9N3.H2/c1-4(2)5-3-6-8-7-5;/h3-4H,1-2H3,(H,6,7,8);1H. The van der Waals surface area contributed by atoms with Crippen molar-refractivity contribution in [1.82, 2.24) is 15.4 Å². The zero-order valence-electron chi connectivity index (χ0n) is 5.05. The van der Waals surface area contributed by atoms with Crippen molar-refractivity contribution in [3.05, 3.63) is 11.9 Å². The fourth-order valence-corrected chi connectivity index (χ4v) is 0.489. The van der Waals surface area contributed by atoms with Crippen LogP contribution in [0.5, 0.6) is 0 Å². The Morgan fingerprint density at radius 1 is 1.75 bits per heavy atom. The molecule has 8 heavy (non-hydrogen) atoms. The molecule has 3 nitrogen and oxygen atoms in total. The van der Waals surface area contributed by atoms with Crippen molar-refractivity contribution in [3.8, 4) is 0 Å². The molecule has 46 valence electrons. The van der Waals surface area contributed by atoms with Gasteiger partial charge in [0.05, 0.1) is 11.9 Å². The van der Waals surface area contributed by atoms with E-state index in [9.17, 15) is 0 Å². The molecule has 0 fully saturated rings. The second-order valence-electron chi connectivity index (χ2n) is 2.05. The maximum Gasteiger partial charge on any atom is 0.0850 e. The van der Waals surface area contributed by atoms with Crippen molar-refractivity contribution >= 4 is 0 Å². The number of nitrogens with zero attached hydrogens (tertiary/aromatic N) is 2. The monoisotopic (exact) mass is 113 g/mol. The van der Waals surface area contributed by atoms with Crippen molar-refractivity contribution in [3.63, 3.8) is 0 Å². The van der Waals surface area contributed by atoms with Gasteiger partial charge in [-0.3, -0.25) is 0 Å². The van der Waals surface area contributed by atoms with Crippen LogP contribution in [0.25, 0.3) is 0 Å². The molecule has 0 amide bonds. The smallest absolute Gasteiger partial charge is 0.0850 e. The van der Waals surface area contributed by atoms with E-state index in [0.29, 0.717) is 5.92 Å². The highest BCUT2D eigenvalue weighted by molar-refractivity contribution is 4.96. The van der Waals surface area contributed by atoms with Gasteiger partial charge in [-0.1, -0.05) is 13.8 Å². The maximum absolute atomic E-state index is 3.88. The van der Waals surface area contributed by atoms with E-state index >= 15 is 0 Å². The predicted molar refractivity (Wildman–Crippen MR) is 32.6 cm³/mol. The summed E-state index contributed by atoms with van der Waals surface area (Å²) in [7, 11) is 0. The highest BCUT2D eigenvalue weighted by Gasteiger charge is 1.98. The number of aromatic amines is 1. The van der Waals surface area contributed by atoms with Gasteiger partial charge in [-0.15, -0.1) is 0 Å². The largest absolute Gasteiger partial charge is 0.198 e. The summed E-state index contributed by atoms with van der Waals surface area (Å²) in [5, 5.41) is 10.1. The first-order valence-corrected chi connectivity index (χ1v) is 2.66. The minimum absolute atomic E-state index is 0. The topological polar surface area (TPSA) is 41.6 Å². The molecule has 1 N–H and O–H groups in total. The zero-order chi connectivity index (χ0) is 5.98. The van der Waals surface area contributed by atoms with Crippen LogP contribution in [-0.2, 0) is 0 Å². The van der Waals surface area contributed by atoms with Gasteiger partial charge in [-0.25, -0.2) is 0 Å². The summed E-state index contributed by atoms with van der Waals surface area (Å²) in [5.41, 5.74) is 1.02. The molecule has 0 unspecified atom stereocenters. The van der Waals surface area contributed by atoms with Crippen LogP contribution in [0, 0.1) is 0 Å². The van der Waals surface area contributed by atoms with E-state index in [1.165, 1.54) is 0 Å². The van der Waals surface area contributed by atoms with Gasteiger partial charge in [0.25, 0.3) is 0 Å². The van der Waals surface area contributed by atoms with Gasteiger partial charge in [-0.05, 0) is 5.92 Å². The molecular weight excluding hydrogens is 102 g/mol. The van der Waals surface area contributed by atoms with Crippen LogP contribution in [0.1, 0.15) is 26.9 Å². The van der Waals surface area contributed by atoms with E-state index in [1.54, 1.807) is 6.20 Å². The van der Waals surface area contributed by atoms with Gasteiger partial charge in [0.1, 0.15) is 0 Å². The molecule has 0 aliphatic carbocycles. The Morgan fingerprint density at radius 2 is 2.50 bits per heavy atom. The first-order valence-electron chi connectivity index (χ1n) is 2.66. The van der Waals surface area contributed by atoms with E-state index in [-0.39, 0.29) is 1.43 Å². The third kappa shape index (κ3) is 0.857. The van der Waals surface area contributed by atoms with Gasteiger partial charge < -0.3 is 0 Å². The molecule has 1 heterocycles. The number of rotatable bonds is 1. The second-order valence-corrected chi connectivity index (χ2v) is 2.05. The first kappa shape index (κ1) is 5.28. The lowest BCUT2D eigenvalue weighted by atomic mass is 10.2. The van der Waals surface area contributed by atoms with Gasteiger partial charge in [0, 0.05) is 1.43 Å². The van der Waals surface area contributed by atoms with Gasteiger partial charge in [0.2, 0.25) is 0 Å². The fourth-order valence-electron chi connectivity index (χ4n) is 0.489. The molecule has 1 rings (SSSR count). The molecule has 0 aliphatic heterocycles. The Balaban J connectivity index is 0.000000640. The summed E-state index contributed by atoms with van der Waals surface area (Å²) in [4.78, 5) is 0. The van der Waals surface area contributed by atoms with Crippen LogP contribution < -0.4 is 0 Å². The number of hydrogen-bond acceptors (Lipinski definition) is 2. The molecule has 0 aliphatic rings. The highest BCUT2D eigenvalue weighted by atomic mass is 15.3. The number of hydrogen-bond donors (Lipinski definition) is 1. The lowest BCUT2D eigenvalue weighted by Gasteiger charge is -1.92. The third-order valence-corrected chi connectivity index (χ3v) is 1.03. The van der Waals surface area contributed by atoms with Crippen molar-refractivity contribution in [2.45, 2.75) is 19.8 Å². The van der Waals surface area contributed by atoms with E-state index in [4.69, 9.17) is 0 Å². The lowest BCUT2D eigenvalue weighted by molar-refractivity contribution is 0.804. The summed E-state index contributed by atoms with van der Waals surface area (Å²) >= 11 is 0.